The Kier molecular flexibility index (Phi) is 6.66. The summed E-state index contributed by atoms with van der Waals surface area (Å²) in [5.74, 6) is 3.21. The first-order valence-corrected chi connectivity index (χ1v) is 8.90. The molecule has 0 unspecified atom stereocenters. The lowest BCUT2D eigenvalue weighted by atomic mass is 10.0. The Bertz CT molecular complexity index is 748. The normalized spacial score (nSPS) is 11.0. The molecule has 0 bridgehead atoms. The molecule has 0 amide bonds. The van der Waals surface area contributed by atoms with Crippen molar-refractivity contribution in [1.29, 1.82) is 0 Å². The molecule has 148 valence electrons. The van der Waals surface area contributed by atoms with E-state index in [1.165, 1.54) is 0 Å². The highest BCUT2D eigenvalue weighted by atomic mass is 16.5. The van der Waals surface area contributed by atoms with Gasteiger partial charge in [-0.15, -0.1) is 0 Å². The van der Waals surface area contributed by atoms with Gasteiger partial charge >= 0.3 is 0 Å². The molecule has 0 heterocycles. The van der Waals surface area contributed by atoms with Gasteiger partial charge in [-0.3, -0.25) is 0 Å². The summed E-state index contributed by atoms with van der Waals surface area (Å²) in [6, 6.07) is 8.83. The van der Waals surface area contributed by atoms with Crippen LogP contribution in [0.25, 0.3) is 0 Å². The van der Waals surface area contributed by atoms with Gasteiger partial charge in [-0.1, -0.05) is 13.3 Å². The summed E-state index contributed by atoms with van der Waals surface area (Å²) < 4.78 is 28.1. The molecule has 27 heavy (non-hydrogen) atoms. The van der Waals surface area contributed by atoms with Crippen molar-refractivity contribution in [2.45, 2.75) is 39.2 Å². The van der Waals surface area contributed by atoms with Crippen LogP contribution in [0.5, 0.6) is 34.5 Å². The van der Waals surface area contributed by atoms with Crippen LogP contribution in [0.2, 0.25) is 0 Å². The van der Waals surface area contributed by atoms with E-state index in [2.05, 4.69) is 20.8 Å². The number of hydrogen-bond donors (Lipinski definition) is 1. The van der Waals surface area contributed by atoms with Crippen LogP contribution in [-0.2, 0) is 0 Å². The van der Waals surface area contributed by atoms with Gasteiger partial charge in [0.05, 0.1) is 27.0 Å². The minimum atomic E-state index is -0.269. The second kappa shape index (κ2) is 8.75. The molecule has 0 spiro atoms. The maximum atomic E-state index is 6.10. The van der Waals surface area contributed by atoms with Gasteiger partial charge in [-0.05, 0) is 32.4 Å². The average Bonchev–Trinajstić information content (AvgIpc) is 2.63. The Morgan fingerprint density at radius 1 is 0.852 bits per heavy atom. The molecule has 0 radical (unpaired) electrons. The molecule has 0 aromatic heterocycles. The fraction of sp³-hybridized carbons (Fsp3) is 0.429. The van der Waals surface area contributed by atoms with Gasteiger partial charge < -0.3 is 29.4 Å². The number of nitrogens with two attached hydrogens (primary N) is 1. The monoisotopic (exact) mass is 375 g/mol. The van der Waals surface area contributed by atoms with Gasteiger partial charge in [0.15, 0.2) is 17.2 Å². The molecule has 2 aromatic rings. The first-order chi connectivity index (χ1) is 12.8. The van der Waals surface area contributed by atoms with Crippen molar-refractivity contribution >= 4 is 5.69 Å². The zero-order chi connectivity index (χ0) is 20.0. The minimum absolute atomic E-state index is 0.269. The van der Waals surface area contributed by atoms with Crippen molar-refractivity contribution in [3.05, 3.63) is 30.3 Å². The summed E-state index contributed by atoms with van der Waals surface area (Å²) in [5.41, 5.74) is 6.32. The summed E-state index contributed by atoms with van der Waals surface area (Å²) in [5, 5.41) is 0. The molecule has 0 aliphatic heterocycles. The zero-order valence-electron chi connectivity index (χ0n) is 16.9. The Morgan fingerprint density at radius 3 is 1.96 bits per heavy atom. The molecule has 2 aromatic carbocycles. The number of benzene rings is 2. The van der Waals surface area contributed by atoms with Crippen molar-refractivity contribution in [3.8, 4) is 34.5 Å². The molecule has 0 aliphatic carbocycles. The molecular weight excluding hydrogens is 346 g/mol. The van der Waals surface area contributed by atoms with Crippen LogP contribution in [0.3, 0.4) is 0 Å². The Labute approximate surface area is 161 Å². The molecule has 0 atom stereocenters. The summed E-state index contributed by atoms with van der Waals surface area (Å²) in [6.45, 7) is 6.26. The van der Waals surface area contributed by atoms with Crippen LogP contribution in [0, 0.1) is 0 Å². The van der Waals surface area contributed by atoms with Crippen LogP contribution >= 0.6 is 0 Å². The second-order valence-electron chi connectivity index (χ2n) is 6.77. The van der Waals surface area contributed by atoms with Crippen molar-refractivity contribution < 1.29 is 23.7 Å². The van der Waals surface area contributed by atoms with E-state index in [0.29, 0.717) is 40.2 Å². The molecule has 6 nitrogen and oxygen atoms in total. The van der Waals surface area contributed by atoms with Crippen molar-refractivity contribution in [1.82, 2.24) is 0 Å². The van der Waals surface area contributed by atoms with Crippen molar-refractivity contribution in [2.75, 3.05) is 27.1 Å². The molecule has 0 aliphatic rings. The summed E-state index contributed by atoms with van der Waals surface area (Å²) in [7, 11) is 4.66. The van der Waals surface area contributed by atoms with E-state index >= 15 is 0 Å². The Balaban J connectivity index is 2.33. The van der Waals surface area contributed by atoms with Gasteiger partial charge in [-0.25, -0.2) is 0 Å². The summed E-state index contributed by atoms with van der Waals surface area (Å²) in [6.07, 6.45) is 1.98. The van der Waals surface area contributed by atoms with Crippen molar-refractivity contribution in [2.24, 2.45) is 0 Å². The van der Waals surface area contributed by atoms with Crippen LogP contribution in [0.4, 0.5) is 5.69 Å². The van der Waals surface area contributed by atoms with Gasteiger partial charge in [-0.2, -0.15) is 0 Å². The third-order valence-corrected chi connectivity index (χ3v) is 4.10. The van der Waals surface area contributed by atoms with Crippen LogP contribution in [0.1, 0.15) is 33.6 Å². The number of methoxy groups -OCH3 is 3. The molecule has 2 N–H and O–H groups in total. The molecule has 0 saturated carbocycles. The standard InChI is InChI=1S/C21H29NO5/c1-7-10-21(2,3)27-14-8-9-16(22)17(11-14)26-15-12-18(23-4)20(25-6)19(13-15)24-5/h8-9,11-13H,7,10,22H2,1-6H3. The van der Waals surface area contributed by atoms with Crippen molar-refractivity contribution in [3.63, 3.8) is 0 Å². The maximum Gasteiger partial charge on any atom is 0.203 e. The predicted octanol–water partition coefficient (Wildman–Crippen LogP) is 5.04. The zero-order valence-corrected chi connectivity index (χ0v) is 16.9. The molecule has 2 rings (SSSR count). The third-order valence-electron chi connectivity index (χ3n) is 4.10. The number of anilines is 1. The van der Waals surface area contributed by atoms with E-state index in [4.69, 9.17) is 29.4 Å². The first-order valence-electron chi connectivity index (χ1n) is 8.90. The largest absolute Gasteiger partial charge is 0.493 e. The van der Waals surface area contributed by atoms with Gasteiger partial charge in [0, 0.05) is 18.2 Å². The van der Waals surface area contributed by atoms with Crippen LogP contribution in [-0.4, -0.2) is 26.9 Å². The molecular formula is C21H29NO5. The number of rotatable bonds is 9. The van der Waals surface area contributed by atoms with Gasteiger partial charge in [0.2, 0.25) is 5.75 Å². The predicted molar refractivity (Wildman–Crippen MR) is 107 cm³/mol. The highest BCUT2D eigenvalue weighted by molar-refractivity contribution is 5.60. The third kappa shape index (κ3) is 5.12. The lowest BCUT2D eigenvalue weighted by Crippen LogP contribution is -2.27. The van der Waals surface area contributed by atoms with Gasteiger partial charge in [0.25, 0.3) is 0 Å². The SMILES string of the molecule is CCCC(C)(C)Oc1ccc(N)c(Oc2cc(OC)c(OC)c(OC)c2)c1. The van der Waals surface area contributed by atoms with Crippen LogP contribution in [0.15, 0.2) is 30.3 Å². The Morgan fingerprint density at radius 2 is 1.44 bits per heavy atom. The maximum absolute atomic E-state index is 6.10. The second-order valence-corrected chi connectivity index (χ2v) is 6.77. The van der Waals surface area contributed by atoms with E-state index in [9.17, 15) is 0 Å². The first kappa shape index (κ1) is 20.6. The number of ether oxygens (including phenoxy) is 5. The minimum Gasteiger partial charge on any atom is -0.493 e. The van der Waals surface area contributed by atoms with E-state index in [0.717, 1.165) is 12.8 Å². The van der Waals surface area contributed by atoms with Crippen LogP contribution < -0.4 is 29.4 Å². The molecule has 0 saturated heterocycles. The van der Waals surface area contributed by atoms with E-state index in [1.807, 2.05) is 6.07 Å². The Hall–Kier alpha value is -2.76. The van der Waals surface area contributed by atoms with E-state index in [-0.39, 0.29) is 5.60 Å². The highest BCUT2D eigenvalue weighted by Gasteiger charge is 2.20. The smallest absolute Gasteiger partial charge is 0.203 e. The van der Waals surface area contributed by atoms with Gasteiger partial charge in [0.1, 0.15) is 17.1 Å². The quantitative estimate of drug-likeness (QED) is 0.619. The number of hydrogen-bond acceptors (Lipinski definition) is 6. The molecule has 0 fully saturated rings. The topological polar surface area (TPSA) is 72.2 Å². The number of nitrogen functional groups attached to an aromatic ring is 1. The molecule has 6 heteroatoms. The lowest BCUT2D eigenvalue weighted by Gasteiger charge is -2.26. The average molecular weight is 375 g/mol. The summed E-state index contributed by atoms with van der Waals surface area (Å²) >= 11 is 0. The lowest BCUT2D eigenvalue weighted by molar-refractivity contribution is 0.0984. The fourth-order valence-corrected chi connectivity index (χ4v) is 2.88. The van der Waals surface area contributed by atoms with E-state index < -0.39 is 0 Å². The highest BCUT2D eigenvalue weighted by Crippen LogP contribution is 2.43. The summed E-state index contributed by atoms with van der Waals surface area (Å²) in [4.78, 5) is 0. The van der Waals surface area contributed by atoms with E-state index in [1.54, 1.807) is 45.6 Å². The fourth-order valence-electron chi connectivity index (χ4n) is 2.88.